The van der Waals surface area contributed by atoms with Crippen molar-refractivity contribution in [3.8, 4) is 0 Å². The largest absolute Gasteiger partial charge is 0.465 e. The first-order valence-electron chi connectivity index (χ1n) is 8.18. The molecule has 0 spiro atoms. The van der Waals surface area contributed by atoms with E-state index in [1.54, 1.807) is 0 Å². The van der Waals surface area contributed by atoms with Crippen LogP contribution in [0.1, 0.15) is 77.6 Å². The van der Waals surface area contributed by atoms with Crippen molar-refractivity contribution in [1.29, 1.82) is 0 Å². The van der Waals surface area contributed by atoms with Gasteiger partial charge in [0, 0.05) is 6.04 Å². The Labute approximate surface area is 118 Å². The van der Waals surface area contributed by atoms with E-state index in [1.165, 1.54) is 38.5 Å². The first-order chi connectivity index (χ1) is 9.25. The van der Waals surface area contributed by atoms with Gasteiger partial charge >= 0.3 is 5.97 Å². The SMILES string of the molecule is CCCCCCCCOC(=O)C1CCCCCC1N. The molecule has 1 aliphatic rings. The van der Waals surface area contributed by atoms with Crippen LogP contribution in [0.3, 0.4) is 0 Å². The minimum Gasteiger partial charge on any atom is -0.465 e. The van der Waals surface area contributed by atoms with Crippen LogP contribution in [-0.2, 0) is 9.53 Å². The van der Waals surface area contributed by atoms with E-state index >= 15 is 0 Å². The molecular formula is C16H31NO2. The monoisotopic (exact) mass is 269 g/mol. The van der Waals surface area contributed by atoms with Gasteiger partial charge in [-0.05, 0) is 19.3 Å². The summed E-state index contributed by atoms with van der Waals surface area (Å²) in [6.07, 6.45) is 12.7. The smallest absolute Gasteiger partial charge is 0.310 e. The molecule has 1 fully saturated rings. The fourth-order valence-corrected chi connectivity index (χ4v) is 2.79. The molecule has 1 aliphatic carbocycles. The summed E-state index contributed by atoms with van der Waals surface area (Å²) < 4.78 is 5.40. The third kappa shape index (κ3) is 6.95. The van der Waals surface area contributed by atoms with Crippen molar-refractivity contribution in [3.63, 3.8) is 0 Å². The number of esters is 1. The normalized spacial score (nSPS) is 23.9. The molecule has 2 atom stereocenters. The van der Waals surface area contributed by atoms with Crippen molar-refractivity contribution in [2.24, 2.45) is 11.7 Å². The zero-order chi connectivity index (χ0) is 13.9. The average molecular weight is 269 g/mol. The van der Waals surface area contributed by atoms with Crippen LogP contribution in [0, 0.1) is 5.92 Å². The van der Waals surface area contributed by atoms with Crippen LogP contribution in [0.5, 0.6) is 0 Å². The third-order valence-corrected chi connectivity index (χ3v) is 4.11. The fourth-order valence-electron chi connectivity index (χ4n) is 2.79. The molecule has 0 saturated heterocycles. The third-order valence-electron chi connectivity index (χ3n) is 4.11. The molecule has 2 N–H and O–H groups in total. The standard InChI is InChI=1S/C16H31NO2/c1-2-3-4-5-6-10-13-19-16(18)14-11-8-7-9-12-15(14)17/h14-15H,2-13,17H2,1H3. The topological polar surface area (TPSA) is 52.3 Å². The second-order valence-corrected chi connectivity index (χ2v) is 5.84. The Morgan fingerprint density at radius 1 is 1.05 bits per heavy atom. The molecule has 19 heavy (non-hydrogen) atoms. The van der Waals surface area contributed by atoms with Crippen LogP contribution in [0.2, 0.25) is 0 Å². The van der Waals surface area contributed by atoms with E-state index in [9.17, 15) is 4.79 Å². The highest BCUT2D eigenvalue weighted by molar-refractivity contribution is 5.73. The van der Waals surface area contributed by atoms with Crippen LogP contribution < -0.4 is 5.73 Å². The number of nitrogens with two attached hydrogens (primary N) is 1. The summed E-state index contributed by atoms with van der Waals surface area (Å²) in [5, 5.41) is 0. The lowest BCUT2D eigenvalue weighted by Gasteiger charge is -2.19. The predicted octanol–water partition coefficient (Wildman–Crippen LogP) is 3.80. The quantitative estimate of drug-likeness (QED) is 0.414. The van der Waals surface area contributed by atoms with Gasteiger partial charge in [0.1, 0.15) is 0 Å². The van der Waals surface area contributed by atoms with E-state index in [4.69, 9.17) is 10.5 Å². The van der Waals surface area contributed by atoms with Crippen LogP contribution in [0.25, 0.3) is 0 Å². The zero-order valence-electron chi connectivity index (χ0n) is 12.5. The average Bonchev–Trinajstić information content (AvgIpc) is 2.62. The molecule has 0 aromatic heterocycles. The molecule has 0 heterocycles. The number of hydrogen-bond donors (Lipinski definition) is 1. The van der Waals surface area contributed by atoms with Gasteiger partial charge in [-0.15, -0.1) is 0 Å². The van der Waals surface area contributed by atoms with Gasteiger partial charge < -0.3 is 10.5 Å². The van der Waals surface area contributed by atoms with Crippen LogP contribution in [0.15, 0.2) is 0 Å². The number of hydrogen-bond acceptors (Lipinski definition) is 3. The minimum atomic E-state index is -0.0532. The van der Waals surface area contributed by atoms with Gasteiger partial charge in [-0.25, -0.2) is 0 Å². The first kappa shape index (κ1) is 16.5. The van der Waals surface area contributed by atoms with Gasteiger partial charge in [0.2, 0.25) is 0 Å². The summed E-state index contributed by atoms with van der Waals surface area (Å²) in [6, 6.07) is 0.0135. The van der Waals surface area contributed by atoms with Crippen molar-refractivity contribution >= 4 is 5.97 Å². The Hall–Kier alpha value is -0.570. The van der Waals surface area contributed by atoms with Crippen molar-refractivity contribution in [2.75, 3.05) is 6.61 Å². The van der Waals surface area contributed by atoms with Crippen molar-refractivity contribution in [1.82, 2.24) is 0 Å². The number of rotatable bonds is 8. The summed E-state index contributed by atoms with van der Waals surface area (Å²) in [5.74, 6) is -0.106. The second-order valence-electron chi connectivity index (χ2n) is 5.84. The van der Waals surface area contributed by atoms with E-state index in [0.717, 1.165) is 32.1 Å². The maximum Gasteiger partial charge on any atom is 0.310 e. The van der Waals surface area contributed by atoms with Crippen molar-refractivity contribution in [3.05, 3.63) is 0 Å². The molecule has 0 aromatic carbocycles. The molecule has 0 aromatic rings. The van der Waals surface area contributed by atoms with Gasteiger partial charge in [-0.3, -0.25) is 4.79 Å². The molecule has 0 amide bonds. The molecule has 3 nitrogen and oxygen atoms in total. The van der Waals surface area contributed by atoms with Crippen molar-refractivity contribution in [2.45, 2.75) is 83.6 Å². The first-order valence-corrected chi connectivity index (χ1v) is 8.18. The molecule has 2 unspecified atom stereocenters. The lowest BCUT2D eigenvalue weighted by atomic mass is 9.96. The van der Waals surface area contributed by atoms with E-state index in [0.29, 0.717) is 6.61 Å². The van der Waals surface area contributed by atoms with E-state index in [-0.39, 0.29) is 17.9 Å². The van der Waals surface area contributed by atoms with E-state index < -0.39 is 0 Å². The Balaban J connectivity index is 2.09. The van der Waals surface area contributed by atoms with Crippen molar-refractivity contribution < 1.29 is 9.53 Å². The summed E-state index contributed by atoms with van der Waals surface area (Å²) in [7, 11) is 0. The van der Waals surface area contributed by atoms with E-state index in [2.05, 4.69) is 6.92 Å². The Morgan fingerprint density at radius 2 is 1.74 bits per heavy atom. The van der Waals surface area contributed by atoms with Gasteiger partial charge in [0.05, 0.1) is 12.5 Å². The maximum absolute atomic E-state index is 12.0. The number of carbonyl (C=O) groups excluding carboxylic acids is 1. The Bertz CT molecular complexity index is 243. The van der Waals surface area contributed by atoms with E-state index in [1.807, 2.05) is 0 Å². The number of ether oxygens (including phenoxy) is 1. The molecule has 0 bridgehead atoms. The minimum absolute atomic E-state index is 0.0135. The highest BCUT2D eigenvalue weighted by Crippen LogP contribution is 2.23. The second kappa shape index (κ2) is 10.2. The summed E-state index contributed by atoms with van der Waals surface area (Å²) >= 11 is 0. The zero-order valence-corrected chi connectivity index (χ0v) is 12.5. The molecule has 0 radical (unpaired) electrons. The van der Waals surface area contributed by atoms with Gasteiger partial charge in [-0.1, -0.05) is 58.3 Å². The Kier molecular flexibility index (Phi) is 8.89. The fraction of sp³-hybridized carbons (Fsp3) is 0.938. The van der Waals surface area contributed by atoms with Crippen LogP contribution >= 0.6 is 0 Å². The number of carbonyl (C=O) groups is 1. The molecule has 112 valence electrons. The lowest BCUT2D eigenvalue weighted by molar-refractivity contribution is -0.149. The molecule has 1 saturated carbocycles. The van der Waals surface area contributed by atoms with Gasteiger partial charge in [0.15, 0.2) is 0 Å². The summed E-state index contributed by atoms with van der Waals surface area (Å²) in [6.45, 7) is 2.80. The highest BCUT2D eigenvalue weighted by Gasteiger charge is 2.28. The summed E-state index contributed by atoms with van der Waals surface area (Å²) in [4.78, 5) is 12.0. The van der Waals surface area contributed by atoms with Gasteiger partial charge in [-0.2, -0.15) is 0 Å². The predicted molar refractivity (Wildman–Crippen MR) is 78.9 cm³/mol. The maximum atomic E-state index is 12.0. The van der Waals surface area contributed by atoms with Crippen LogP contribution in [-0.4, -0.2) is 18.6 Å². The number of unbranched alkanes of at least 4 members (excludes halogenated alkanes) is 5. The lowest BCUT2D eigenvalue weighted by Crippen LogP contribution is -2.35. The Morgan fingerprint density at radius 3 is 2.53 bits per heavy atom. The molecule has 0 aliphatic heterocycles. The molecule has 1 rings (SSSR count). The van der Waals surface area contributed by atoms with Gasteiger partial charge in [0.25, 0.3) is 0 Å². The summed E-state index contributed by atoms with van der Waals surface area (Å²) in [5.41, 5.74) is 6.06. The molecular weight excluding hydrogens is 238 g/mol. The molecule has 3 heteroatoms. The van der Waals surface area contributed by atoms with Crippen LogP contribution in [0.4, 0.5) is 0 Å². The highest BCUT2D eigenvalue weighted by atomic mass is 16.5.